The standard InChI is InChI=1S/C28H37N/c1-2-9-24(10-3-1)22-29-19-16-23(17-20-29)21-28(26-13-5-6-14-26)18-8-12-25-11-4-7-15-27(25)28/h1-4,7,9-11,15,23,26H,5-6,8,12-14,16-22H2. The number of rotatable bonds is 5. The lowest BCUT2D eigenvalue weighted by molar-refractivity contribution is 0.121. The van der Waals surface area contributed by atoms with E-state index in [1.165, 1.54) is 82.9 Å². The van der Waals surface area contributed by atoms with Gasteiger partial charge in [0.15, 0.2) is 0 Å². The van der Waals surface area contributed by atoms with E-state index in [1.54, 1.807) is 11.1 Å². The number of nitrogens with zero attached hydrogens (tertiary/aromatic N) is 1. The van der Waals surface area contributed by atoms with Crippen molar-refractivity contribution in [3.8, 4) is 0 Å². The number of likely N-dealkylation sites (tertiary alicyclic amines) is 1. The van der Waals surface area contributed by atoms with Crippen LogP contribution in [0, 0.1) is 11.8 Å². The monoisotopic (exact) mass is 387 g/mol. The maximum absolute atomic E-state index is 2.68. The first-order valence-corrected chi connectivity index (χ1v) is 12.2. The van der Waals surface area contributed by atoms with E-state index in [0.717, 1.165) is 18.4 Å². The van der Waals surface area contributed by atoms with Crippen molar-refractivity contribution in [3.63, 3.8) is 0 Å². The molecule has 2 fully saturated rings. The molecule has 29 heavy (non-hydrogen) atoms. The highest BCUT2D eigenvalue weighted by atomic mass is 15.1. The Morgan fingerprint density at radius 3 is 2.31 bits per heavy atom. The predicted octanol–water partition coefficient (Wildman–Crippen LogP) is 6.75. The first-order chi connectivity index (χ1) is 14.3. The molecule has 0 amide bonds. The van der Waals surface area contributed by atoms with Crippen LogP contribution < -0.4 is 0 Å². The molecule has 1 unspecified atom stereocenters. The Kier molecular flexibility index (Phi) is 5.77. The molecule has 1 heteroatoms. The van der Waals surface area contributed by atoms with Gasteiger partial charge in [-0.15, -0.1) is 0 Å². The van der Waals surface area contributed by atoms with E-state index in [-0.39, 0.29) is 0 Å². The molecule has 1 heterocycles. The Bertz CT molecular complexity index is 783. The van der Waals surface area contributed by atoms with Gasteiger partial charge in [-0.3, -0.25) is 4.90 Å². The van der Waals surface area contributed by atoms with Crippen LogP contribution >= 0.6 is 0 Å². The van der Waals surface area contributed by atoms with Gasteiger partial charge in [-0.1, -0.05) is 67.4 Å². The van der Waals surface area contributed by atoms with Crippen LogP contribution in [0.25, 0.3) is 0 Å². The van der Waals surface area contributed by atoms with Crippen LogP contribution in [0.4, 0.5) is 0 Å². The zero-order valence-corrected chi connectivity index (χ0v) is 18.0. The molecule has 3 aliphatic rings. The highest BCUT2D eigenvalue weighted by Gasteiger charge is 2.45. The average Bonchev–Trinajstić information content (AvgIpc) is 3.32. The van der Waals surface area contributed by atoms with Gasteiger partial charge in [0, 0.05) is 6.54 Å². The molecule has 1 saturated heterocycles. The van der Waals surface area contributed by atoms with Crippen molar-refractivity contribution in [3.05, 3.63) is 71.3 Å². The third-order valence-electron chi connectivity index (χ3n) is 8.37. The van der Waals surface area contributed by atoms with Crippen molar-refractivity contribution in [2.45, 2.75) is 76.2 Å². The van der Waals surface area contributed by atoms with E-state index in [0.29, 0.717) is 5.41 Å². The molecule has 0 radical (unpaired) electrons. The first kappa shape index (κ1) is 19.4. The van der Waals surface area contributed by atoms with Crippen molar-refractivity contribution < 1.29 is 0 Å². The number of fused-ring (bicyclic) bond motifs is 1. The van der Waals surface area contributed by atoms with Gasteiger partial charge < -0.3 is 0 Å². The summed E-state index contributed by atoms with van der Waals surface area (Å²) < 4.78 is 0. The van der Waals surface area contributed by atoms with Gasteiger partial charge in [-0.25, -0.2) is 0 Å². The van der Waals surface area contributed by atoms with Crippen LogP contribution in [0.3, 0.4) is 0 Å². The largest absolute Gasteiger partial charge is 0.299 e. The van der Waals surface area contributed by atoms with Crippen molar-refractivity contribution in [1.29, 1.82) is 0 Å². The van der Waals surface area contributed by atoms with E-state index in [4.69, 9.17) is 0 Å². The van der Waals surface area contributed by atoms with Gasteiger partial charge in [0.2, 0.25) is 0 Å². The lowest BCUT2D eigenvalue weighted by Gasteiger charge is -2.47. The van der Waals surface area contributed by atoms with Crippen molar-refractivity contribution >= 4 is 0 Å². The van der Waals surface area contributed by atoms with E-state index in [9.17, 15) is 0 Å². The zero-order valence-electron chi connectivity index (χ0n) is 18.0. The lowest BCUT2D eigenvalue weighted by Crippen LogP contribution is -2.42. The normalized spacial score (nSPS) is 26.5. The Hall–Kier alpha value is -1.60. The molecular formula is C28H37N. The summed E-state index contributed by atoms with van der Waals surface area (Å²) in [6.45, 7) is 3.69. The molecule has 2 aromatic carbocycles. The summed E-state index contributed by atoms with van der Waals surface area (Å²) in [5, 5.41) is 0. The van der Waals surface area contributed by atoms with Gasteiger partial charge in [-0.2, -0.15) is 0 Å². The zero-order chi connectivity index (χ0) is 19.5. The van der Waals surface area contributed by atoms with E-state index in [1.807, 2.05) is 0 Å². The van der Waals surface area contributed by atoms with Crippen molar-refractivity contribution in [2.75, 3.05) is 13.1 Å². The lowest BCUT2D eigenvalue weighted by atomic mass is 9.58. The SMILES string of the molecule is c1ccc(CN2CCC(CC3(C4CCCC4)CCCc4ccccc43)CC2)cc1. The van der Waals surface area contributed by atoms with Gasteiger partial charge >= 0.3 is 0 Å². The molecule has 2 aliphatic carbocycles. The maximum atomic E-state index is 2.68. The second kappa shape index (κ2) is 8.64. The third-order valence-corrected chi connectivity index (χ3v) is 8.37. The number of hydrogen-bond acceptors (Lipinski definition) is 1. The second-order valence-electron chi connectivity index (χ2n) is 10.1. The summed E-state index contributed by atoms with van der Waals surface area (Å²) in [5.74, 6) is 1.85. The minimum atomic E-state index is 0.484. The van der Waals surface area contributed by atoms with Crippen LogP contribution in [-0.2, 0) is 18.4 Å². The smallest absolute Gasteiger partial charge is 0.0233 e. The molecule has 1 atom stereocenters. The molecule has 0 N–H and O–H groups in total. The molecule has 1 nitrogen and oxygen atoms in total. The predicted molar refractivity (Wildman–Crippen MR) is 122 cm³/mol. The fourth-order valence-corrected chi connectivity index (χ4v) is 6.94. The summed E-state index contributed by atoms with van der Waals surface area (Å²) in [6.07, 6.45) is 14.3. The van der Waals surface area contributed by atoms with Crippen LogP contribution in [0.1, 0.15) is 74.5 Å². The quantitative estimate of drug-likeness (QED) is 0.548. The molecule has 154 valence electrons. The summed E-state index contributed by atoms with van der Waals surface area (Å²) in [7, 11) is 0. The van der Waals surface area contributed by atoms with Crippen LogP contribution in [0.5, 0.6) is 0 Å². The summed E-state index contributed by atoms with van der Waals surface area (Å²) in [4.78, 5) is 2.68. The summed E-state index contributed by atoms with van der Waals surface area (Å²) in [5.41, 5.74) is 5.38. The van der Waals surface area contributed by atoms with Crippen LogP contribution in [0.15, 0.2) is 54.6 Å². The third kappa shape index (κ3) is 4.04. The molecule has 1 aliphatic heterocycles. The van der Waals surface area contributed by atoms with Crippen molar-refractivity contribution in [1.82, 2.24) is 4.90 Å². The summed E-state index contributed by atoms with van der Waals surface area (Å²) in [6, 6.07) is 20.6. The number of hydrogen-bond donors (Lipinski definition) is 0. The Balaban J connectivity index is 1.30. The molecule has 5 rings (SSSR count). The van der Waals surface area contributed by atoms with Gasteiger partial charge in [0.05, 0.1) is 0 Å². The fourth-order valence-electron chi connectivity index (χ4n) is 6.94. The van der Waals surface area contributed by atoms with E-state index in [2.05, 4.69) is 59.5 Å². The van der Waals surface area contributed by atoms with Crippen molar-refractivity contribution in [2.24, 2.45) is 11.8 Å². The van der Waals surface area contributed by atoms with Crippen LogP contribution in [0.2, 0.25) is 0 Å². The number of piperidine rings is 1. The summed E-state index contributed by atoms with van der Waals surface area (Å²) >= 11 is 0. The van der Waals surface area contributed by atoms with Gasteiger partial charge in [0.1, 0.15) is 0 Å². The van der Waals surface area contributed by atoms with E-state index >= 15 is 0 Å². The Morgan fingerprint density at radius 2 is 1.52 bits per heavy atom. The van der Waals surface area contributed by atoms with Gasteiger partial charge in [0.25, 0.3) is 0 Å². The Morgan fingerprint density at radius 1 is 0.793 bits per heavy atom. The minimum absolute atomic E-state index is 0.484. The topological polar surface area (TPSA) is 3.24 Å². The number of aryl methyl sites for hydroxylation is 1. The fraction of sp³-hybridized carbons (Fsp3) is 0.571. The maximum Gasteiger partial charge on any atom is 0.0233 e. The Labute approximate surface area is 177 Å². The molecule has 0 aromatic heterocycles. The first-order valence-electron chi connectivity index (χ1n) is 12.2. The van der Waals surface area contributed by atoms with E-state index < -0.39 is 0 Å². The highest BCUT2D eigenvalue weighted by molar-refractivity contribution is 5.38. The van der Waals surface area contributed by atoms with Crippen LogP contribution in [-0.4, -0.2) is 18.0 Å². The number of benzene rings is 2. The molecular weight excluding hydrogens is 350 g/mol. The molecule has 0 bridgehead atoms. The minimum Gasteiger partial charge on any atom is -0.299 e. The molecule has 2 aromatic rings. The average molecular weight is 388 g/mol. The highest BCUT2D eigenvalue weighted by Crippen LogP contribution is 2.53. The molecule has 0 spiro atoms. The second-order valence-corrected chi connectivity index (χ2v) is 10.1. The van der Waals surface area contributed by atoms with Gasteiger partial charge in [-0.05, 0) is 98.4 Å². The molecule has 1 saturated carbocycles.